The van der Waals surface area contributed by atoms with E-state index in [9.17, 15) is 23.1 Å². The number of rotatable bonds is 8. The molecule has 0 unspecified atom stereocenters. The standard InChI is InChI=1S/C34H47N5O8S/c1-22-19-39(23(2)21-40)33(41)29-18-28(36-34(42)35-27-13-8-7-9-14-27)15-16-30(29)46-24(3)12-10-11-17-45-31(22)20-38(6)48(43,44)32-25(4)37-47-26(32)5/h7-9,13-16,18,22-24,31,40H,10-12,17,19-21H2,1-6H3,(H2,35,36,42)/t22-,23+,24-,31-/m1/s1. The van der Waals surface area contributed by atoms with Gasteiger partial charge in [-0.25, -0.2) is 13.2 Å². The molecule has 0 bridgehead atoms. The fourth-order valence-electron chi connectivity index (χ4n) is 5.63. The molecule has 0 radical (unpaired) electrons. The summed E-state index contributed by atoms with van der Waals surface area (Å²) < 4.78 is 46.0. The lowest BCUT2D eigenvalue weighted by Crippen LogP contribution is -2.48. The first-order valence-corrected chi connectivity index (χ1v) is 17.6. The highest BCUT2D eigenvalue weighted by atomic mass is 32.2. The Labute approximate surface area is 282 Å². The molecule has 262 valence electrons. The number of para-hydroxylation sites is 1. The normalized spacial score (nSPS) is 20.4. The van der Waals surface area contributed by atoms with E-state index in [-0.39, 0.29) is 53.6 Å². The molecule has 2 heterocycles. The fraction of sp³-hybridized carbons (Fsp3) is 0.500. The van der Waals surface area contributed by atoms with Gasteiger partial charge in [0, 0.05) is 44.0 Å². The summed E-state index contributed by atoms with van der Waals surface area (Å²) in [7, 11) is -2.46. The molecule has 0 fully saturated rings. The highest BCUT2D eigenvalue weighted by Crippen LogP contribution is 2.29. The maximum Gasteiger partial charge on any atom is 0.323 e. The van der Waals surface area contributed by atoms with Crippen LogP contribution in [0.3, 0.4) is 0 Å². The van der Waals surface area contributed by atoms with Crippen molar-refractivity contribution in [3.63, 3.8) is 0 Å². The van der Waals surface area contributed by atoms with Crippen LogP contribution in [0.2, 0.25) is 0 Å². The molecule has 1 aliphatic heterocycles. The van der Waals surface area contributed by atoms with Gasteiger partial charge in [-0.05, 0) is 77.3 Å². The lowest BCUT2D eigenvalue weighted by Gasteiger charge is -2.35. The van der Waals surface area contributed by atoms with E-state index < -0.39 is 34.1 Å². The molecule has 1 aromatic heterocycles. The van der Waals surface area contributed by atoms with Gasteiger partial charge in [0.25, 0.3) is 5.91 Å². The summed E-state index contributed by atoms with van der Waals surface area (Å²) >= 11 is 0. The topological polar surface area (TPSA) is 164 Å². The molecule has 0 spiro atoms. The molecule has 48 heavy (non-hydrogen) atoms. The predicted octanol–water partition coefficient (Wildman–Crippen LogP) is 5.05. The van der Waals surface area contributed by atoms with Crippen LogP contribution in [0.1, 0.15) is 61.8 Å². The second-order valence-corrected chi connectivity index (χ2v) is 14.4. The first kappa shape index (κ1) is 36.8. The van der Waals surface area contributed by atoms with Gasteiger partial charge in [-0.15, -0.1) is 0 Å². The Kier molecular flexibility index (Phi) is 12.6. The molecular weight excluding hydrogens is 638 g/mol. The summed E-state index contributed by atoms with van der Waals surface area (Å²) in [4.78, 5) is 28.7. The van der Waals surface area contributed by atoms with Gasteiger partial charge in [0.15, 0.2) is 5.76 Å². The van der Waals surface area contributed by atoms with Gasteiger partial charge in [-0.2, -0.15) is 4.31 Å². The number of fused-ring (bicyclic) bond motifs is 1. The molecule has 4 rings (SSSR count). The summed E-state index contributed by atoms with van der Waals surface area (Å²) in [6, 6.07) is 12.8. The van der Waals surface area contributed by atoms with Crippen molar-refractivity contribution >= 4 is 33.3 Å². The number of likely N-dealkylation sites (N-methyl/N-ethyl adjacent to an activating group) is 1. The van der Waals surface area contributed by atoms with Crippen LogP contribution in [0.25, 0.3) is 0 Å². The fourth-order valence-corrected chi connectivity index (χ4v) is 7.09. The summed E-state index contributed by atoms with van der Waals surface area (Å²) in [5.41, 5.74) is 1.49. The number of sulfonamides is 1. The number of aliphatic hydroxyl groups excluding tert-OH is 1. The third kappa shape index (κ3) is 9.13. The first-order valence-electron chi connectivity index (χ1n) is 16.2. The first-order chi connectivity index (χ1) is 22.8. The number of hydrogen-bond donors (Lipinski definition) is 3. The van der Waals surface area contributed by atoms with E-state index in [0.717, 1.165) is 12.8 Å². The van der Waals surface area contributed by atoms with Crippen molar-refractivity contribution in [3.05, 3.63) is 65.5 Å². The molecule has 0 saturated carbocycles. The average molecular weight is 686 g/mol. The lowest BCUT2D eigenvalue weighted by atomic mass is 10.0. The number of carbonyl (C=O) groups excluding carboxylic acids is 2. The van der Waals surface area contributed by atoms with Gasteiger partial charge >= 0.3 is 6.03 Å². The monoisotopic (exact) mass is 685 g/mol. The van der Waals surface area contributed by atoms with Gasteiger partial charge in [0.2, 0.25) is 10.0 Å². The number of urea groups is 1. The Balaban J connectivity index is 1.64. The largest absolute Gasteiger partial charge is 0.490 e. The zero-order valence-electron chi connectivity index (χ0n) is 28.4. The molecule has 3 amide bonds. The highest BCUT2D eigenvalue weighted by molar-refractivity contribution is 7.89. The van der Waals surface area contributed by atoms with Crippen molar-refractivity contribution in [1.82, 2.24) is 14.4 Å². The Bertz CT molecular complexity index is 1630. The minimum atomic E-state index is -3.95. The minimum Gasteiger partial charge on any atom is -0.490 e. The average Bonchev–Trinajstić information content (AvgIpc) is 3.40. The van der Waals surface area contributed by atoms with Crippen LogP contribution < -0.4 is 15.4 Å². The number of nitrogens with one attached hydrogen (secondary N) is 2. The Morgan fingerprint density at radius 1 is 1.10 bits per heavy atom. The van der Waals surface area contributed by atoms with Crippen molar-refractivity contribution in [1.29, 1.82) is 0 Å². The van der Waals surface area contributed by atoms with E-state index >= 15 is 0 Å². The van der Waals surface area contributed by atoms with Gasteiger partial charge in [0.1, 0.15) is 16.3 Å². The zero-order valence-corrected chi connectivity index (χ0v) is 29.2. The number of benzene rings is 2. The molecular formula is C34H47N5O8S. The minimum absolute atomic E-state index is 0.0177. The number of aryl methyl sites for hydroxylation is 2. The van der Waals surface area contributed by atoms with Crippen LogP contribution in [0.5, 0.6) is 5.75 Å². The van der Waals surface area contributed by atoms with Crippen LogP contribution in [-0.4, -0.2) is 91.4 Å². The second kappa shape index (κ2) is 16.4. The van der Waals surface area contributed by atoms with E-state index in [1.54, 1.807) is 51.1 Å². The van der Waals surface area contributed by atoms with E-state index in [4.69, 9.17) is 14.0 Å². The van der Waals surface area contributed by atoms with Crippen molar-refractivity contribution < 1.29 is 37.1 Å². The number of nitrogens with zero attached hydrogens (tertiary/aromatic N) is 3. The Morgan fingerprint density at radius 2 is 1.81 bits per heavy atom. The quantitative estimate of drug-likeness (QED) is 0.294. The summed E-state index contributed by atoms with van der Waals surface area (Å²) in [5.74, 6) is -0.201. The molecule has 0 aliphatic carbocycles. The van der Waals surface area contributed by atoms with Crippen LogP contribution in [0.15, 0.2) is 57.9 Å². The molecule has 14 heteroatoms. The maximum atomic E-state index is 14.3. The van der Waals surface area contributed by atoms with Crippen molar-refractivity contribution in [2.45, 2.75) is 77.0 Å². The third-order valence-electron chi connectivity index (χ3n) is 8.41. The number of aliphatic hydroxyl groups is 1. The molecule has 0 saturated heterocycles. The van der Waals surface area contributed by atoms with Crippen molar-refractivity contribution in [2.75, 3.05) is 44.0 Å². The van der Waals surface area contributed by atoms with Crippen LogP contribution in [-0.2, 0) is 14.8 Å². The van der Waals surface area contributed by atoms with Crippen molar-refractivity contribution in [3.8, 4) is 5.75 Å². The number of ether oxygens (including phenoxy) is 2. The second-order valence-electron chi connectivity index (χ2n) is 12.4. The SMILES string of the molecule is Cc1noc(C)c1S(=O)(=O)N(C)C[C@H]1OCCCC[C@@H](C)Oc2ccc(NC(=O)Nc3ccccc3)cc2C(=O)N([C@@H](C)CO)C[C@H]1C. The highest BCUT2D eigenvalue weighted by Gasteiger charge is 2.34. The van der Waals surface area contributed by atoms with Gasteiger partial charge < -0.3 is 34.6 Å². The number of aromatic nitrogens is 1. The molecule has 3 aromatic rings. The Hall–Kier alpha value is -3.98. The van der Waals surface area contributed by atoms with Crippen LogP contribution in [0, 0.1) is 19.8 Å². The van der Waals surface area contributed by atoms with Gasteiger partial charge in [0.05, 0.1) is 30.4 Å². The van der Waals surface area contributed by atoms with Gasteiger partial charge in [-0.1, -0.05) is 30.3 Å². The number of amides is 3. The van der Waals surface area contributed by atoms with E-state index in [1.165, 1.54) is 16.3 Å². The van der Waals surface area contributed by atoms with E-state index in [1.807, 2.05) is 32.0 Å². The molecule has 13 nitrogen and oxygen atoms in total. The maximum absolute atomic E-state index is 14.3. The number of anilines is 2. The predicted molar refractivity (Wildman–Crippen MR) is 182 cm³/mol. The van der Waals surface area contributed by atoms with Crippen molar-refractivity contribution in [2.24, 2.45) is 5.92 Å². The molecule has 3 N–H and O–H groups in total. The zero-order chi connectivity index (χ0) is 35.0. The molecule has 1 aliphatic rings. The number of carbonyl (C=O) groups is 2. The lowest BCUT2D eigenvalue weighted by molar-refractivity contribution is -0.00835. The number of hydrogen-bond acceptors (Lipinski definition) is 9. The molecule has 4 atom stereocenters. The van der Waals surface area contributed by atoms with E-state index in [0.29, 0.717) is 30.2 Å². The summed E-state index contributed by atoms with van der Waals surface area (Å²) in [5, 5.41) is 19.6. The summed E-state index contributed by atoms with van der Waals surface area (Å²) in [6.07, 6.45) is 1.38. The van der Waals surface area contributed by atoms with Crippen LogP contribution in [0.4, 0.5) is 16.2 Å². The summed E-state index contributed by atoms with van der Waals surface area (Å²) in [6.45, 7) is 8.93. The van der Waals surface area contributed by atoms with Gasteiger partial charge in [-0.3, -0.25) is 4.79 Å². The molecule has 2 aromatic carbocycles. The van der Waals surface area contributed by atoms with Crippen LogP contribution >= 0.6 is 0 Å². The van der Waals surface area contributed by atoms with E-state index in [2.05, 4.69) is 15.8 Å². The third-order valence-corrected chi connectivity index (χ3v) is 10.5. The smallest absolute Gasteiger partial charge is 0.323 e. The Morgan fingerprint density at radius 3 is 2.48 bits per heavy atom.